The Labute approximate surface area is 184 Å². The van der Waals surface area contributed by atoms with Gasteiger partial charge in [-0.15, -0.1) is 0 Å². The number of nitrogens with two attached hydrogens (primary N) is 1. The van der Waals surface area contributed by atoms with Crippen molar-refractivity contribution in [3.8, 4) is 11.4 Å². The zero-order valence-corrected chi connectivity index (χ0v) is 18.6. The predicted octanol–water partition coefficient (Wildman–Crippen LogP) is 2.65. The Morgan fingerprint density at radius 1 is 1.06 bits per heavy atom. The van der Waals surface area contributed by atoms with Gasteiger partial charge in [0, 0.05) is 0 Å². The summed E-state index contributed by atoms with van der Waals surface area (Å²) in [5, 5.41) is 3.75. The number of alkyl halides is 9. The van der Waals surface area contributed by atoms with E-state index in [4.69, 9.17) is 5.73 Å². The second-order valence-corrected chi connectivity index (χ2v) is 12.3. The molecule has 32 heavy (non-hydrogen) atoms. The van der Waals surface area contributed by atoms with Crippen molar-refractivity contribution in [2.45, 2.75) is 16.4 Å². The first-order valence-electron chi connectivity index (χ1n) is 8.41. The SMILES string of the molecule is CI(C)[C@H](N)C(=O)NNC(=O)/C=C\n1cnc(-c2cc(C(F)(F)F)cc(C(F)(F)F)c2)n1. The summed E-state index contributed by atoms with van der Waals surface area (Å²) in [6.07, 6.45) is -7.10. The molecule has 8 nitrogen and oxygen atoms in total. The third kappa shape index (κ3) is 6.91. The van der Waals surface area contributed by atoms with Gasteiger partial charge >= 0.3 is 141 Å². The Morgan fingerprint density at radius 3 is 2.12 bits per heavy atom. The van der Waals surface area contributed by atoms with Gasteiger partial charge < -0.3 is 0 Å². The first-order chi connectivity index (χ1) is 14.7. The molecule has 0 saturated carbocycles. The second kappa shape index (κ2) is 9.85. The molecular weight excluding hydrogens is 561 g/mol. The Hall–Kier alpha value is -2.69. The molecule has 0 fully saturated rings. The van der Waals surface area contributed by atoms with Crippen molar-refractivity contribution in [2.24, 2.45) is 5.73 Å². The number of hydrazine groups is 1. The maximum absolute atomic E-state index is 13.0. The number of carbonyl (C=O) groups is 2. The van der Waals surface area contributed by atoms with Crippen LogP contribution in [0.4, 0.5) is 26.3 Å². The van der Waals surface area contributed by atoms with E-state index in [1.54, 1.807) is 0 Å². The van der Waals surface area contributed by atoms with Crippen molar-refractivity contribution in [1.82, 2.24) is 25.6 Å². The summed E-state index contributed by atoms with van der Waals surface area (Å²) in [6.45, 7) is 0. The summed E-state index contributed by atoms with van der Waals surface area (Å²) >= 11 is -1.64. The Kier molecular flexibility index (Phi) is 7.87. The van der Waals surface area contributed by atoms with Gasteiger partial charge in [-0.2, -0.15) is 26.3 Å². The first-order valence-corrected chi connectivity index (χ1v) is 14.0. The number of aromatic nitrogens is 3. The topological polar surface area (TPSA) is 115 Å². The molecule has 1 aromatic carbocycles. The van der Waals surface area contributed by atoms with Crippen LogP contribution in [0.1, 0.15) is 11.1 Å². The number of carbonyl (C=O) groups excluding carboxylic acids is 2. The summed E-state index contributed by atoms with van der Waals surface area (Å²) < 4.78 is 78.1. The van der Waals surface area contributed by atoms with Gasteiger partial charge in [0.25, 0.3) is 0 Å². The maximum atomic E-state index is 13.0. The molecule has 0 aliphatic carbocycles. The number of nitrogens with one attached hydrogen (secondary N) is 2. The van der Waals surface area contributed by atoms with Gasteiger partial charge in [-0.3, -0.25) is 0 Å². The van der Waals surface area contributed by atoms with E-state index in [1.165, 1.54) is 0 Å². The summed E-state index contributed by atoms with van der Waals surface area (Å²) in [5.74, 6) is -1.77. The predicted molar refractivity (Wildman–Crippen MR) is 111 cm³/mol. The molecule has 2 amide bonds. The fraction of sp³-hybridized carbons (Fsp3) is 0.294. The monoisotopic (exact) mass is 578 g/mol. The van der Waals surface area contributed by atoms with Crippen molar-refractivity contribution >= 4 is 37.8 Å². The van der Waals surface area contributed by atoms with Gasteiger partial charge in [0.2, 0.25) is 0 Å². The van der Waals surface area contributed by atoms with Gasteiger partial charge in [-0.1, -0.05) is 0 Å². The number of nitrogens with zero attached hydrogens (tertiary/aromatic N) is 3. The fourth-order valence-corrected chi connectivity index (χ4v) is 3.43. The summed E-state index contributed by atoms with van der Waals surface area (Å²) in [7, 11) is 0. The molecule has 2 aromatic rings. The first kappa shape index (κ1) is 25.6. The summed E-state index contributed by atoms with van der Waals surface area (Å²) in [5.41, 5.74) is 6.37. The molecule has 0 radical (unpaired) electrons. The molecule has 0 aliphatic heterocycles. The molecular formula is C17H17F6IN6O2. The van der Waals surface area contributed by atoms with Crippen LogP contribution >= 0.6 is 19.8 Å². The molecule has 176 valence electrons. The van der Waals surface area contributed by atoms with Gasteiger partial charge in [0.1, 0.15) is 0 Å². The van der Waals surface area contributed by atoms with Crippen LogP contribution in [-0.2, 0) is 21.9 Å². The van der Waals surface area contributed by atoms with E-state index >= 15 is 0 Å². The molecule has 15 heteroatoms. The third-order valence-corrected chi connectivity index (χ3v) is 7.01. The Balaban J connectivity index is 2.17. The van der Waals surface area contributed by atoms with Crippen molar-refractivity contribution in [3.05, 3.63) is 41.7 Å². The average molecular weight is 578 g/mol. The third-order valence-electron chi connectivity index (χ3n) is 3.76. The van der Waals surface area contributed by atoms with E-state index < -0.39 is 70.5 Å². The van der Waals surface area contributed by atoms with Gasteiger partial charge in [-0.05, 0) is 6.07 Å². The van der Waals surface area contributed by atoms with Crippen LogP contribution in [0.25, 0.3) is 17.6 Å². The minimum absolute atomic E-state index is 0.00693. The molecule has 2 rings (SSSR count). The number of hydrogen-bond acceptors (Lipinski definition) is 5. The van der Waals surface area contributed by atoms with Crippen molar-refractivity contribution in [2.75, 3.05) is 9.86 Å². The van der Waals surface area contributed by atoms with E-state index in [0.29, 0.717) is 12.1 Å². The number of rotatable bonds is 5. The van der Waals surface area contributed by atoms with Crippen LogP contribution in [0, 0.1) is 0 Å². The van der Waals surface area contributed by atoms with Crippen molar-refractivity contribution < 1.29 is 35.9 Å². The Bertz CT molecular complexity index is 985. The molecule has 0 aliphatic rings. The van der Waals surface area contributed by atoms with Crippen LogP contribution in [0.15, 0.2) is 30.6 Å². The average Bonchev–Trinajstić information content (AvgIpc) is 3.17. The van der Waals surface area contributed by atoms with Gasteiger partial charge in [-0.25, -0.2) is 0 Å². The second-order valence-electron chi connectivity index (χ2n) is 6.35. The molecule has 1 atom stereocenters. The van der Waals surface area contributed by atoms with Crippen LogP contribution in [-0.4, -0.2) is 40.5 Å². The zero-order chi connectivity index (χ0) is 24.3. The molecule has 0 spiro atoms. The molecule has 1 aromatic heterocycles. The Morgan fingerprint density at radius 2 is 1.62 bits per heavy atom. The van der Waals surface area contributed by atoms with E-state index in [0.717, 1.165) is 23.3 Å². The molecule has 1 heterocycles. The van der Waals surface area contributed by atoms with E-state index in [2.05, 4.69) is 20.9 Å². The standard InChI is InChI=1S/C17H17F6IN6O2/c1-24(2)13(25)15(32)28-27-12(31)3-4-30-8-26-14(29-30)9-5-10(16(18,19)20)7-11(6-9)17(21,22)23/h3-8,13H,25H2,1-2H3,(H,27,31)(H,28,32)/b4-3-/t13-/m1/s1. The van der Waals surface area contributed by atoms with Crippen molar-refractivity contribution in [1.29, 1.82) is 0 Å². The summed E-state index contributed by atoms with van der Waals surface area (Å²) in [6, 6.07) is 0.970. The quantitative estimate of drug-likeness (QED) is 0.126. The van der Waals surface area contributed by atoms with Crippen LogP contribution in [0.3, 0.4) is 0 Å². The van der Waals surface area contributed by atoms with Crippen LogP contribution in [0.5, 0.6) is 0 Å². The van der Waals surface area contributed by atoms with Gasteiger partial charge in [0.15, 0.2) is 0 Å². The van der Waals surface area contributed by atoms with E-state index in [-0.39, 0.29) is 6.07 Å². The number of amides is 2. The van der Waals surface area contributed by atoms with Crippen LogP contribution < -0.4 is 16.6 Å². The zero-order valence-electron chi connectivity index (χ0n) is 16.4. The fourth-order valence-electron chi connectivity index (χ4n) is 2.14. The number of halogens is 7. The summed E-state index contributed by atoms with van der Waals surface area (Å²) in [4.78, 5) is 30.8. The molecule has 0 saturated heterocycles. The van der Waals surface area contributed by atoms with Crippen LogP contribution in [0.2, 0.25) is 0 Å². The van der Waals surface area contributed by atoms with E-state index in [9.17, 15) is 35.9 Å². The minimum atomic E-state index is -5.01. The molecule has 4 N–H and O–H groups in total. The molecule has 0 bridgehead atoms. The van der Waals surface area contributed by atoms with Crippen molar-refractivity contribution in [3.63, 3.8) is 0 Å². The van der Waals surface area contributed by atoms with Gasteiger partial charge in [0.05, 0.1) is 11.1 Å². The normalized spacial score (nSPS) is 13.7. The van der Waals surface area contributed by atoms with E-state index in [1.807, 2.05) is 9.86 Å². The number of hydrogen-bond donors (Lipinski definition) is 3. The number of benzene rings is 1. The molecule has 0 unspecified atom stereocenters.